The number of nitrogens with zero attached hydrogens (tertiary/aromatic N) is 1. The number of rotatable bonds is 6. The molecule has 1 aromatic rings. The molecule has 0 radical (unpaired) electrons. The number of carboxylic acid groups (broad SMARTS) is 1. The predicted molar refractivity (Wildman–Crippen MR) is 71.6 cm³/mol. The van der Waals surface area contributed by atoms with E-state index in [0.29, 0.717) is 5.56 Å². The SMILES string of the molecule is CC(O)(CNC(=O)NCc1ccccc1[N+](=O)[O-])C(=O)O. The highest BCUT2D eigenvalue weighted by molar-refractivity contribution is 5.79. The minimum Gasteiger partial charge on any atom is -0.479 e. The zero-order chi connectivity index (χ0) is 16.0. The molecule has 4 N–H and O–H groups in total. The van der Waals surface area contributed by atoms with Gasteiger partial charge in [0.2, 0.25) is 0 Å². The van der Waals surface area contributed by atoms with Crippen LogP contribution in [0.5, 0.6) is 0 Å². The molecule has 1 rings (SSSR count). The van der Waals surface area contributed by atoms with Crippen molar-refractivity contribution in [3.05, 3.63) is 39.9 Å². The molecule has 21 heavy (non-hydrogen) atoms. The molecule has 0 aliphatic carbocycles. The van der Waals surface area contributed by atoms with Crippen LogP contribution in [0.15, 0.2) is 24.3 Å². The molecule has 0 aliphatic heterocycles. The van der Waals surface area contributed by atoms with E-state index in [1.165, 1.54) is 18.2 Å². The van der Waals surface area contributed by atoms with Gasteiger partial charge in [0, 0.05) is 11.6 Å². The van der Waals surface area contributed by atoms with Crippen molar-refractivity contribution in [1.82, 2.24) is 10.6 Å². The lowest BCUT2D eigenvalue weighted by molar-refractivity contribution is -0.385. The van der Waals surface area contributed by atoms with Gasteiger partial charge in [-0.15, -0.1) is 0 Å². The Balaban J connectivity index is 2.55. The molecule has 2 amide bonds. The number of aliphatic hydroxyl groups is 1. The number of urea groups is 1. The lowest BCUT2D eigenvalue weighted by Gasteiger charge is -2.18. The summed E-state index contributed by atoms with van der Waals surface area (Å²) in [5.74, 6) is -1.47. The molecule has 0 saturated carbocycles. The Morgan fingerprint density at radius 3 is 2.52 bits per heavy atom. The van der Waals surface area contributed by atoms with E-state index in [1.54, 1.807) is 6.07 Å². The zero-order valence-electron chi connectivity index (χ0n) is 11.2. The van der Waals surface area contributed by atoms with Gasteiger partial charge in [0.05, 0.1) is 18.0 Å². The fourth-order valence-electron chi connectivity index (χ4n) is 1.40. The van der Waals surface area contributed by atoms with Crippen molar-refractivity contribution >= 4 is 17.7 Å². The number of carboxylic acids is 1. The average Bonchev–Trinajstić information content (AvgIpc) is 2.43. The molecule has 0 saturated heterocycles. The van der Waals surface area contributed by atoms with Crippen LogP contribution < -0.4 is 10.6 Å². The number of benzene rings is 1. The summed E-state index contributed by atoms with van der Waals surface area (Å²) in [4.78, 5) is 32.3. The van der Waals surface area contributed by atoms with Crippen LogP contribution in [-0.4, -0.2) is 39.3 Å². The highest BCUT2D eigenvalue weighted by Gasteiger charge is 2.30. The van der Waals surface area contributed by atoms with E-state index in [2.05, 4.69) is 10.6 Å². The average molecular weight is 297 g/mol. The lowest BCUT2D eigenvalue weighted by atomic mass is 10.1. The van der Waals surface area contributed by atoms with Crippen LogP contribution in [0.1, 0.15) is 12.5 Å². The van der Waals surface area contributed by atoms with Gasteiger partial charge < -0.3 is 20.8 Å². The third-order valence-electron chi connectivity index (χ3n) is 2.68. The van der Waals surface area contributed by atoms with Gasteiger partial charge in [-0.05, 0) is 6.92 Å². The summed E-state index contributed by atoms with van der Waals surface area (Å²) < 4.78 is 0. The summed E-state index contributed by atoms with van der Waals surface area (Å²) in [7, 11) is 0. The fraction of sp³-hybridized carbons (Fsp3) is 0.333. The van der Waals surface area contributed by atoms with Crippen LogP contribution in [0.3, 0.4) is 0 Å². The highest BCUT2D eigenvalue weighted by Crippen LogP contribution is 2.16. The number of carbonyl (C=O) groups excluding carboxylic acids is 1. The monoisotopic (exact) mass is 297 g/mol. The molecular formula is C12H15N3O6. The van der Waals surface area contributed by atoms with Crippen LogP contribution in [-0.2, 0) is 11.3 Å². The predicted octanol–water partition coefficient (Wildman–Crippen LogP) is 0.230. The van der Waals surface area contributed by atoms with Crippen molar-refractivity contribution < 1.29 is 24.7 Å². The Hall–Kier alpha value is -2.68. The number of nitrogens with one attached hydrogen (secondary N) is 2. The van der Waals surface area contributed by atoms with Gasteiger partial charge in [-0.25, -0.2) is 9.59 Å². The molecule has 114 valence electrons. The van der Waals surface area contributed by atoms with Crippen LogP contribution in [0.25, 0.3) is 0 Å². The molecule has 0 fully saturated rings. The normalized spacial score (nSPS) is 13.0. The Bertz CT molecular complexity index is 558. The maximum absolute atomic E-state index is 11.5. The van der Waals surface area contributed by atoms with E-state index in [4.69, 9.17) is 5.11 Å². The molecule has 1 aromatic carbocycles. The smallest absolute Gasteiger partial charge is 0.337 e. The van der Waals surface area contributed by atoms with Crippen molar-refractivity contribution in [3.63, 3.8) is 0 Å². The molecule has 0 bridgehead atoms. The Kier molecular flexibility index (Phi) is 5.19. The highest BCUT2D eigenvalue weighted by atomic mass is 16.6. The van der Waals surface area contributed by atoms with E-state index in [1.807, 2.05) is 0 Å². The number of para-hydroxylation sites is 1. The summed E-state index contributed by atoms with van der Waals surface area (Å²) in [5, 5.41) is 33.4. The summed E-state index contributed by atoms with van der Waals surface area (Å²) in [6.45, 7) is 0.445. The molecule has 1 atom stereocenters. The van der Waals surface area contributed by atoms with Gasteiger partial charge in [0.1, 0.15) is 0 Å². The molecule has 0 aliphatic rings. The van der Waals surface area contributed by atoms with Crippen molar-refractivity contribution in [1.29, 1.82) is 0 Å². The van der Waals surface area contributed by atoms with E-state index >= 15 is 0 Å². The first-order valence-corrected chi connectivity index (χ1v) is 5.94. The maximum Gasteiger partial charge on any atom is 0.337 e. The second-order valence-electron chi connectivity index (χ2n) is 4.50. The van der Waals surface area contributed by atoms with Gasteiger partial charge in [0.25, 0.3) is 5.69 Å². The third-order valence-corrected chi connectivity index (χ3v) is 2.68. The van der Waals surface area contributed by atoms with Gasteiger partial charge in [-0.2, -0.15) is 0 Å². The number of amides is 2. The Labute approximate surface area is 119 Å². The summed E-state index contributed by atoms with van der Waals surface area (Å²) in [6.07, 6.45) is 0. The summed E-state index contributed by atoms with van der Waals surface area (Å²) >= 11 is 0. The molecule has 9 heteroatoms. The standard InChI is InChI=1S/C12H15N3O6/c1-12(19,10(16)17)7-14-11(18)13-6-8-4-2-3-5-9(8)15(20)21/h2-5,19H,6-7H2,1H3,(H,16,17)(H2,13,14,18). The second kappa shape index (κ2) is 6.66. The third kappa shape index (κ3) is 4.73. The quantitative estimate of drug-likeness (QED) is 0.437. The second-order valence-corrected chi connectivity index (χ2v) is 4.50. The summed E-state index contributed by atoms with van der Waals surface area (Å²) in [5.41, 5.74) is -1.91. The van der Waals surface area contributed by atoms with Gasteiger partial charge in [-0.3, -0.25) is 10.1 Å². The zero-order valence-corrected chi connectivity index (χ0v) is 11.2. The van der Waals surface area contributed by atoms with Crippen LogP contribution in [0, 0.1) is 10.1 Å². The summed E-state index contributed by atoms with van der Waals surface area (Å²) in [6, 6.07) is 5.16. The van der Waals surface area contributed by atoms with Gasteiger partial charge in [-0.1, -0.05) is 18.2 Å². The first-order valence-electron chi connectivity index (χ1n) is 5.94. The van der Waals surface area contributed by atoms with Crippen molar-refractivity contribution in [3.8, 4) is 0 Å². The maximum atomic E-state index is 11.5. The molecule has 9 nitrogen and oxygen atoms in total. The van der Waals surface area contributed by atoms with E-state index < -0.39 is 29.1 Å². The van der Waals surface area contributed by atoms with Gasteiger partial charge in [0.15, 0.2) is 5.60 Å². The largest absolute Gasteiger partial charge is 0.479 e. The Morgan fingerprint density at radius 2 is 1.95 bits per heavy atom. The number of aliphatic carboxylic acids is 1. The first kappa shape index (κ1) is 16.4. The minimum atomic E-state index is -2.09. The van der Waals surface area contributed by atoms with Crippen molar-refractivity contribution in [2.75, 3.05) is 6.54 Å². The van der Waals surface area contributed by atoms with Crippen LogP contribution in [0.2, 0.25) is 0 Å². The molecular weight excluding hydrogens is 282 g/mol. The van der Waals surface area contributed by atoms with Crippen LogP contribution in [0.4, 0.5) is 10.5 Å². The number of carbonyl (C=O) groups is 2. The topological polar surface area (TPSA) is 142 Å². The molecule has 0 heterocycles. The number of nitro groups is 1. The van der Waals surface area contributed by atoms with Gasteiger partial charge >= 0.3 is 12.0 Å². The number of hydrogen-bond acceptors (Lipinski definition) is 5. The van der Waals surface area contributed by atoms with Crippen molar-refractivity contribution in [2.24, 2.45) is 0 Å². The molecule has 0 aromatic heterocycles. The Morgan fingerprint density at radius 1 is 1.33 bits per heavy atom. The number of hydrogen-bond donors (Lipinski definition) is 4. The molecule has 0 spiro atoms. The molecule has 1 unspecified atom stereocenters. The lowest BCUT2D eigenvalue weighted by Crippen LogP contribution is -2.49. The van der Waals surface area contributed by atoms with Crippen LogP contribution >= 0.6 is 0 Å². The van der Waals surface area contributed by atoms with E-state index in [-0.39, 0.29) is 12.2 Å². The number of nitro benzene ring substituents is 1. The van der Waals surface area contributed by atoms with Crippen molar-refractivity contribution in [2.45, 2.75) is 19.1 Å². The minimum absolute atomic E-state index is 0.0990. The first-order chi connectivity index (χ1) is 9.74. The fourth-order valence-corrected chi connectivity index (χ4v) is 1.40. The van der Waals surface area contributed by atoms with E-state index in [9.17, 15) is 24.8 Å². The van der Waals surface area contributed by atoms with E-state index in [0.717, 1.165) is 6.92 Å².